The van der Waals surface area contributed by atoms with Gasteiger partial charge in [0, 0.05) is 11.5 Å². The third-order valence-corrected chi connectivity index (χ3v) is 5.43. The Morgan fingerprint density at radius 1 is 1.35 bits per heavy atom. The molecule has 20 heavy (non-hydrogen) atoms. The third kappa shape index (κ3) is 1.46. The molecule has 0 spiro atoms. The Kier molecular flexibility index (Phi) is 2.74. The lowest BCUT2D eigenvalue weighted by Gasteiger charge is -2.36. The Hall–Kier alpha value is -1.42. The van der Waals surface area contributed by atoms with Crippen molar-refractivity contribution in [1.29, 1.82) is 0 Å². The average Bonchev–Trinajstić information content (AvgIpc) is 2.73. The molecule has 4 heteroatoms. The highest BCUT2D eigenvalue weighted by Crippen LogP contribution is 2.55. The van der Waals surface area contributed by atoms with Gasteiger partial charge >= 0.3 is 5.97 Å². The molecule has 0 unspecified atom stereocenters. The van der Waals surface area contributed by atoms with Gasteiger partial charge in [-0.05, 0) is 33.3 Å². The van der Waals surface area contributed by atoms with Crippen molar-refractivity contribution in [3.05, 3.63) is 22.8 Å². The molecule has 1 aliphatic heterocycles. The number of allylic oxidation sites excluding steroid dienone is 1. The zero-order valence-corrected chi connectivity index (χ0v) is 12.3. The molecule has 4 nitrogen and oxygen atoms in total. The number of hydrogen-bond acceptors (Lipinski definition) is 4. The van der Waals surface area contributed by atoms with Crippen molar-refractivity contribution in [3.8, 4) is 0 Å². The molecule has 0 saturated carbocycles. The first-order valence-electron chi connectivity index (χ1n) is 7.10. The molecule has 3 aliphatic rings. The standard InChI is InChI=1S/C16H20O4/c1-7-5-10(17)12-9(3)15(19)20-14(12)16(4)8(2)6-11(18)13(7)16/h6,9-10,12,14,17H,5H2,1-4H3/t9-,10+,12-,14+,16+/m1/s1. The van der Waals surface area contributed by atoms with E-state index in [1.807, 2.05) is 20.8 Å². The summed E-state index contributed by atoms with van der Waals surface area (Å²) in [4.78, 5) is 24.2. The summed E-state index contributed by atoms with van der Waals surface area (Å²) >= 11 is 0. The molecule has 1 N–H and O–H groups in total. The normalized spacial score (nSPS) is 44.0. The van der Waals surface area contributed by atoms with Gasteiger partial charge in [0.2, 0.25) is 0 Å². The number of ketones is 1. The van der Waals surface area contributed by atoms with E-state index in [-0.39, 0.29) is 23.6 Å². The van der Waals surface area contributed by atoms with Crippen molar-refractivity contribution in [1.82, 2.24) is 0 Å². The van der Waals surface area contributed by atoms with Gasteiger partial charge in [0.25, 0.3) is 0 Å². The van der Waals surface area contributed by atoms with Gasteiger partial charge in [0.1, 0.15) is 6.10 Å². The molecule has 108 valence electrons. The van der Waals surface area contributed by atoms with E-state index in [0.717, 1.165) is 11.1 Å². The van der Waals surface area contributed by atoms with E-state index in [9.17, 15) is 14.7 Å². The predicted octanol–water partition coefficient (Wildman–Crippen LogP) is 1.78. The van der Waals surface area contributed by atoms with E-state index in [1.54, 1.807) is 13.0 Å². The number of aliphatic hydroxyl groups excluding tert-OH is 1. The second-order valence-corrected chi connectivity index (χ2v) is 6.54. The summed E-state index contributed by atoms with van der Waals surface area (Å²) < 4.78 is 5.59. The van der Waals surface area contributed by atoms with Crippen LogP contribution in [0.5, 0.6) is 0 Å². The molecule has 0 aromatic carbocycles. The van der Waals surface area contributed by atoms with Crippen LogP contribution in [0.1, 0.15) is 34.1 Å². The average molecular weight is 276 g/mol. The molecule has 3 rings (SSSR count). The van der Waals surface area contributed by atoms with E-state index >= 15 is 0 Å². The maximum absolute atomic E-state index is 12.3. The van der Waals surface area contributed by atoms with E-state index < -0.39 is 17.6 Å². The molecular weight excluding hydrogens is 256 g/mol. The first kappa shape index (κ1) is 13.6. The van der Waals surface area contributed by atoms with Crippen molar-refractivity contribution in [3.63, 3.8) is 0 Å². The van der Waals surface area contributed by atoms with Crippen LogP contribution in [-0.2, 0) is 14.3 Å². The Bertz CT molecular complexity index is 571. The second-order valence-electron chi connectivity index (χ2n) is 6.54. The molecule has 0 aromatic rings. The summed E-state index contributed by atoms with van der Waals surface area (Å²) in [5.41, 5.74) is 1.95. The number of carbonyl (C=O) groups is 2. The summed E-state index contributed by atoms with van der Waals surface area (Å²) in [5.74, 6) is -0.867. The quantitative estimate of drug-likeness (QED) is 0.685. The minimum Gasteiger partial charge on any atom is -0.460 e. The van der Waals surface area contributed by atoms with Gasteiger partial charge in [0.05, 0.1) is 17.4 Å². The van der Waals surface area contributed by atoms with Crippen molar-refractivity contribution in [2.45, 2.75) is 46.3 Å². The highest BCUT2D eigenvalue weighted by Gasteiger charge is 2.59. The fraction of sp³-hybridized carbons (Fsp3) is 0.625. The van der Waals surface area contributed by atoms with E-state index in [1.165, 1.54) is 0 Å². The zero-order chi connectivity index (χ0) is 14.8. The molecule has 0 aromatic heterocycles. The molecule has 0 bridgehead atoms. The van der Waals surface area contributed by atoms with Crippen molar-refractivity contribution in [2.24, 2.45) is 17.3 Å². The molecule has 1 heterocycles. The first-order valence-corrected chi connectivity index (χ1v) is 7.10. The second kappa shape index (κ2) is 4.04. The fourth-order valence-corrected chi connectivity index (χ4v) is 4.21. The molecule has 5 atom stereocenters. The van der Waals surface area contributed by atoms with Gasteiger partial charge in [-0.1, -0.05) is 18.1 Å². The number of fused-ring (bicyclic) bond motifs is 3. The lowest BCUT2D eigenvalue weighted by Crippen LogP contribution is -2.41. The number of ether oxygens (including phenoxy) is 1. The smallest absolute Gasteiger partial charge is 0.309 e. The van der Waals surface area contributed by atoms with Gasteiger partial charge < -0.3 is 9.84 Å². The number of esters is 1. The minimum absolute atomic E-state index is 0.00838. The molecule has 2 aliphatic carbocycles. The summed E-state index contributed by atoms with van der Waals surface area (Å²) in [6.07, 6.45) is 0.983. The predicted molar refractivity (Wildman–Crippen MR) is 72.7 cm³/mol. The van der Waals surface area contributed by atoms with Crippen LogP contribution in [-0.4, -0.2) is 29.1 Å². The van der Waals surface area contributed by atoms with E-state index in [0.29, 0.717) is 12.0 Å². The fourth-order valence-electron chi connectivity index (χ4n) is 4.21. The van der Waals surface area contributed by atoms with E-state index in [4.69, 9.17) is 4.74 Å². The molecule has 1 fully saturated rings. The maximum Gasteiger partial charge on any atom is 0.309 e. The summed E-state index contributed by atoms with van der Waals surface area (Å²) in [7, 11) is 0. The van der Waals surface area contributed by atoms with Gasteiger partial charge in [-0.15, -0.1) is 0 Å². The topological polar surface area (TPSA) is 63.6 Å². The first-order chi connectivity index (χ1) is 9.28. The van der Waals surface area contributed by atoms with Gasteiger partial charge in [-0.3, -0.25) is 9.59 Å². The molecule has 1 saturated heterocycles. The summed E-state index contributed by atoms with van der Waals surface area (Å²) in [5, 5.41) is 10.5. The monoisotopic (exact) mass is 276 g/mol. The zero-order valence-electron chi connectivity index (χ0n) is 12.3. The van der Waals surface area contributed by atoms with Crippen molar-refractivity contribution in [2.75, 3.05) is 0 Å². The Labute approximate surface area is 118 Å². The number of rotatable bonds is 0. The van der Waals surface area contributed by atoms with Gasteiger partial charge in [-0.25, -0.2) is 0 Å². The highest BCUT2D eigenvalue weighted by molar-refractivity contribution is 6.10. The maximum atomic E-state index is 12.3. The summed E-state index contributed by atoms with van der Waals surface area (Å²) in [6, 6.07) is 0. The molecular formula is C16H20O4. The van der Waals surface area contributed by atoms with Crippen LogP contribution in [0.4, 0.5) is 0 Å². The van der Waals surface area contributed by atoms with Gasteiger partial charge in [0.15, 0.2) is 5.78 Å². The van der Waals surface area contributed by atoms with Crippen LogP contribution in [0.15, 0.2) is 22.8 Å². The largest absolute Gasteiger partial charge is 0.460 e. The molecule has 0 amide bonds. The Morgan fingerprint density at radius 3 is 2.65 bits per heavy atom. The minimum atomic E-state index is -0.642. The van der Waals surface area contributed by atoms with Crippen LogP contribution in [0.25, 0.3) is 0 Å². The summed E-state index contributed by atoms with van der Waals surface area (Å²) in [6.45, 7) is 7.57. The number of hydrogen-bond donors (Lipinski definition) is 1. The van der Waals surface area contributed by atoms with Crippen LogP contribution >= 0.6 is 0 Å². The Balaban J connectivity index is 2.21. The van der Waals surface area contributed by atoms with Crippen LogP contribution in [0.3, 0.4) is 0 Å². The lowest BCUT2D eigenvalue weighted by molar-refractivity contribution is -0.146. The number of carbonyl (C=O) groups excluding carboxylic acids is 2. The SMILES string of the molecule is CC1=CC(=O)C2=C(C)C[C@H](O)[C@H]3[C@@H](C)C(=O)O[C@@H]3[C@@]12C. The Morgan fingerprint density at radius 2 is 2.00 bits per heavy atom. The lowest BCUT2D eigenvalue weighted by atomic mass is 9.69. The van der Waals surface area contributed by atoms with Crippen molar-refractivity contribution >= 4 is 11.8 Å². The van der Waals surface area contributed by atoms with Crippen molar-refractivity contribution < 1.29 is 19.4 Å². The van der Waals surface area contributed by atoms with Crippen LogP contribution in [0, 0.1) is 17.3 Å². The third-order valence-electron chi connectivity index (χ3n) is 5.43. The van der Waals surface area contributed by atoms with Gasteiger partial charge in [-0.2, -0.15) is 0 Å². The van der Waals surface area contributed by atoms with Crippen LogP contribution in [0.2, 0.25) is 0 Å². The van der Waals surface area contributed by atoms with E-state index in [2.05, 4.69) is 0 Å². The highest BCUT2D eigenvalue weighted by atomic mass is 16.6. The van der Waals surface area contributed by atoms with Crippen LogP contribution < -0.4 is 0 Å². The number of aliphatic hydroxyl groups is 1. The molecule has 0 radical (unpaired) electrons.